The summed E-state index contributed by atoms with van der Waals surface area (Å²) in [6.07, 6.45) is 0.824. The number of methoxy groups -OCH3 is 1. The minimum absolute atomic E-state index is 0. The number of hydrogen-bond acceptors (Lipinski definition) is 4. The van der Waals surface area contributed by atoms with Crippen LogP contribution < -0.4 is 39.4 Å². The SMILES string of the molecule is COc1ccc2[nH]c3c(c2c1)CCN(C(C)C)C3C(=O)[O-].[Na+]. The topological polar surface area (TPSA) is 68.4 Å². The molecule has 5 nitrogen and oxygen atoms in total. The van der Waals surface area contributed by atoms with Crippen molar-refractivity contribution in [2.45, 2.75) is 32.4 Å². The van der Waals surface area contributed by atoms with Crippen molar-refractivity contribution < 1.29 is 44.2 Å². The number of rotatable bonds is 3. The molecule has 1 N–H and O–H groups in total. The molecule has 0 bridgehead atoms. The van der Waals surface area contributed by atoms with Gasteiger partial charge in [-0.1, -0.05) is 0 Å². The van der Waals surface area contributed by atoms with Crippen LogP contribution in [0, 0.1) is 0 Å². The third-order valence-corrected chi connectivity index (χ3v) is 4.26. The number of aliphatic carboxylic acids is 1. The summed E-state index contributed by atoms with van der Waals surface area (Å²) in [7, 11) is 1.63. The average molecular weight is 310 g/mol. The fourth-order valence-corrected chi connectivity index (χ4v) is 3.22. The first-order valence-corrected chi connectivity index (χ1v) is 7.18. The van der Waals surface area contributed by atoms with Crippen molar-refractivity contribution in [1.82, 2.24) is 9.88 Å². The summed E-state index contributed by atoms with van der Waals surface area (Å²) in [6.45, 7) is 4.73. The minimum Gasteiger partial charge on any atom is -0.548 e. The summed E-state index contributed by atoms with van der Waals surface area (Å²) < 4.78 is 5.26. The number of fused-ring (bicyclic) bond motifs is 3. The predicted molar refractivity (Wildman–Crippen MR) is 78.1 cm³/mol. The molecular formula is C16H19N2NaO3. The van der Waals surface area contributed by atoms with Crippen LogP contribution in [0.5, 0.6) is 5.75 Å². The molecule has 0 spiro atoms. The van der Waals surface area contributed by atoms with Gasteiger partial charge in [0.15, 0.2) is 0 Å². The van der Waals surface area contributed by atoms with Crippen molar-refractivity contribution in [2.24, 2.45) is 0 Å². The molecule has 1 aliphatic heterocycles. The van der Waals surface area contributed by atoms with Crippen LogP contribution in [-0.2, 0) is 11.2 Å². The third kappa shape index (κ3) is 2.78. The Morgan fingerprint density at radius 2 is 2.18 bits per heavy atom. The predicted octanol–water partition coefficient (Wildman–Crippen LogP) is -1.76. The molecule has 3 rings (SSSR count). The van der Waals surface area contributed by atoms with E-state index >= 15 is 0 Å². The maximum absolute atomic E-state index is 11.6. The average Bonchev–Trinajstić information content (AvgIpc) is 2.83. The van der Waals surface area contributed by atoms with Gasteiger partial charge in [-0.3, -0.25) is 4.90 Å². The zero-order valence-corrected chi connectivity index (χ0v) is 15.5. The Bertz CT molecular complexity index is 696. The number of nitrogens with zero attached hydrogens (tertiary/aromatic N) is 1. The summed E-state index contributed by atoms with van der Waals surface area (Å²) in [5.74, 6) is -0.274. The Morgan fingerprint density at radius 1 is 1.45 bits per heavy atom. The number of nitrogens with one attached hydrogen (secondary N) is 1. The molecule has 1 atom stereocenters. The van der Waals surface area contributed by atoms with E-state index in [4.69, 9.17) is 4.74 Å². The smallest absolute Gasteiger partial charge is 0.548 e. The van der Waals surface area contributed by atoms with Crippen molar-refractivity contribution in [3.8, 4) is 5.75 Å². The van der Waals surface area contributed by atoms with Crippen molar-refractivity contribution in [3.63, 3.8) is 0 Å². The van der Waals surface area contributed by atoms with E-state index in [1.807, 2.05) is 36.9 Å². The Kier molecular flexibility index (Phi) is 5.22. The van der Waals surface area contributed by atoms with Crippen LogP contribution in [0.1, 0.15) is 31.1 Å². The van der Waals surface area contributed by atoms with Crippen molar-refractivity contribution in [2.75, 3.05) is 13.7 Å². The number of ether oxygens (including phenoxy) is 1. The first-order chi connectivity index (χ1) is 10.0. The molecule has 2 heterocycles. The van der Waals surface area contributed by atoms with Gasteiger partial charge in [-0.05, 0) is 44.0 Å². The van der Waals surface area contributed by atoms with E-state index in [1.54, 1.807) is 7.11 Å². The zero-order chi connectivity index (χ0) is 15.1. The van der Waals surface area contributed by atoms with E-state index in [9.17, 15) is 9.90 Å². The number of aromatic nitrogens is 1. The fraction of sp³-hybridized carbons (Fsp3) is 0.438. The third-order valence-electron chi connectivity index (χ3n) is 4.26. The molecule has 0 fully saturated rings. The fourth-order valence-electron chi connectivity index (χ4n) is 3.22. The van der Waals surface area contributed by atoms with Crippen molar-refractivity contribution in [3.05, 3.63) is 29.5 Å². The van der Waals surface area contributed by atoms with E-state index < -0.39 is 12.0 Å². The Morgan fingerprint density at radius 3 is 2.77 bits per heavy atom. The van der Waals surface area contributed by atoms with Crippen LogP contribution in [-0.4, -0.2) is 35.5 Å². The molecule has 0 amide bonds. The summed E-state index contributed by atoms with van der Waals surface area (Å²) >= 11 is 0. The summed E-state index contributed by atoms with van der Waals surface area (Å²) in [6, 6.07) is 5.20. The van der Waals surface area contributed by atoms with Gasteiger partial charge >= 0.3 is 29.6 Å². The normalized spacial score (nSPS) is 18.1. The molecule has 0 saturated carbocycles. The second-order valence-corrected chi connectivity index (χ2v) is 5.73. The second kappa shape index (κ2) is 6.62. The number of carboxylic acid groups (broad SMARTS) is 1. The van der Waals surface area contributed by atoms with Crippen LogP contribution in [0.25, 0.3) is 10.9 Å². The van der Waals surface area contributed by atoms with E-state index in [0.29, 0.717) is 6.54 Å². The molecule has 6 heteroatoms. The van der Waals surface area contributed by atoms with Crippen molar-refractivity contribution >= 4 is 16.9 Å². The van der Waals surface area contributed by atoms with Gasteiger partial charge in [0.05, 0.1) is 19.1 Å². The number of aromatic amines is 1. The molecule has 0 radical (unpaired) electrons. The monoisotopic (exact) mass is 310 g/mol. The maximum atomic E-state index is 11.6. The maximum Gasteiger partial charge on any atom is 1.00 e. The van der Waals surface area contributed by atoms with E-state index in [-0.39, 0.29) is 35.6 Å². The van der Waals surface area contributed by atoms with Crippen molar-refractivity contribution in [1.29, 1.82) is 0 Å². The summed E-state index contributed by atoms with van der Waals surface area (Å²) in [4.78, 5) is 16.9. The first-order valence-electron chi connectivity index (χ1n) is 7.18. The van der Waals surface area contributed by atoms with Crippen LogP contribution in [0.4, 0.5) is 0 Å². The van der Waals surface area contributed by atoms with Gasteiger partial charge in [-0.2, -0.15) is 0 Å². The molecule has 1 unspecified atom stereocenters. The van der Waals surface area contributed by atoms with E-state index in [0.717, 1.165) is 34.3 Å². The summed E-state index contributed by atoms with van der Waals surface area (Å²) in [5, 5.41) is 12.7. The minimum atomic E-state index is -1.05. The quantitative estimate of drug-likeness (QED) is 0.682. The molecule has 2 aromatic rings. The van der Waals surface area contributed by atoms with E-state index in [2.05, 4.69) is 4.98 Å². The van der Waals surface area contributed by atoms with E-state index in [1.165, 1.54) is 0 Å². The number of carboxylic acids is 1. The van der Waals surface area contributed by atoms with Crippen LogP contribution in [0.15, 0.2) is 18.2 Å². The second-order valence-electron chi connectivity index (χ2n) is 5.73. The number of hydrogen-bond donors (Lipinski definition) is 1. The van der Waals surface area contributed by atoms with Gasteiger partial charge in [-0.25, -0.2) is 0 Å². The molecular weight excluding hydrogens is 291 g/mol. The molecule has 1 aliphatic rings. The van der Waals surface area contributed by atoms with Crippen LogP contribution >= 0.6 is 0 Å². The molecule has 0 aliphatic carbocycles. The van der Waals surface area contributed by atoms with Gasteiger partial charge in [-0.15, -0.1) is 0 Å². The van der Waals surface area contributed by atoms with Gasteiger partial charge in [0.2, 0.25) is 0 Å². The van der Waals surface area contributed by atoms with Gasteiger partial charge in [0, 0.05) is 29.2 Å². The molecule has 0 saturated heterocycles. The standard InChI is InChI=1S/C16H20N2O3.Na/c1-9(2)18-7-6-11-12-8-10(21-3)4-5-13(12)17-14(11)15(18)16(19)20;/h4-5,8-9,15,17H,6-7H2,1-3H3,(H,19,20);/q;+1/p-1. The Balaban J connectivity index is 0.00000176. The largest absolute Gasteiger partial charge is 1.00 e. The number of carbonyl (C=O) groups is 1. The van der Waals surface area contributed by atoms with Gasteiger partial charge in [0.25, 0.3) is 0 Å². The number of benzene rings is 1. The Labute approximate surface area is 151 Å². The zero-order valence-electron chi connectivity index (χ0n) is 13.5. The molecule has 112 valence electrons. The number of H-pyrrole nitrogens is 1. The summed E-state index contributed by atoms with van der Waals surface area (Å²) in [5.41, 5.74) is 2.76. The molecule has 22 heavy (non-hydrogen) atoms. The molecule has 1 aromatic carbocycles. The number of carbonyl (C=O) groups excluding carboxylic acids is 1. The van der Waals surface area contributed by atoms with Gasteiger partial charge < -0.3 is 19.6 Å². The van der Waals surface area contributed by atoms with Crippen LogP contribution in [0.2, 0.25) is 0 Å². The first kappa shape index (κ1) is 17.3. The Hall–Kier alpha value is -1.01. The molecule has 1 aromatic heterocycles. The van der Waals surface area contributed by atoms with Crippen LogP contribution in [0.3, 0.4) is 0 Å². The van der Waals surface area contributed by atoms with Gasteiger partial charge in [0.1, 0.15) is 5.75 Å².